The van der Waals surface area contributed by atoms with Gasteiger partial charge in [-0.25, -0.2) is 9.37 Å². The van der Waals surface area contributed by atoms with Crippen LogP contribution in [0, 0.1) is 5.82 Å². The van der Waals surface area contributed by atoms with E-state index in [1.807, 2.05) is 0 Å². The highest BCUT2D eigenvalue weighted by Crippen LogP contribution is 2.32. The van der Waals surface area contributed by atoms with E-state index in [1.165, 1.54) is 13.0 Å². The fourth-order valence-electron chi connectivity index (χ4n) is 4.74. The lowest BCUT2D eigenvalue weighted by Crippen LogP contribution is -2.35. The molecule has 0 unspecified atom stereocenters. The van der Waals surface area contributed by atoms with Crippen LogP contribution in [0.25, 0.3) is 22.4 Å². The van der Waals surface area contributed by atoms with Crippen molar-refractivity contribution in [2.75, 3.05) is 33.0 Å². The van der Waals surface area contributed by atoms with Crippen molar-refractivity contribution in [3.63, 3.8) is 0 Å². The van der Waals surface area contributed by atoms with E-state index in [1.54, 1.807) is 28.8 Å². The van der Waals surface area contributed by atoms with Gasteiger partial charge in [-0.3, -0.25) is 9.36 Å². The van der Waals surface area contributed by atoms with Crippen molar-refractivity contribution in [1.82, 2.24) is 19.9 Å². The van der Waals surface area contributed by atoms with E-state index >= 15 is 4.39 Å². The summed E-state index contributed by atoms with van der Waals surface area (Å²) >= 11 is 0. The fraction of sp³-hybridized carbons (Fsp3) is 0.536. The summed E-state index contributed by atoms with van der Waals surface area (Å²) in [5.41, 5.74) is 1.45. The molecule has 5 rings (SSSR count). The first kappa shape index (κ1) is 29.4. The predicted molar refractivity (Wildman–Crippen MR) is 151 cm³/mol. The maximum absolute atomic E-state index is 15.5. The van der Waals surface area contributed by atoms with Gasteiger partial charge in [0.2, 0.25) is 5.91 Å². The highest BCUT2D eigenvalue weighted by molar-refractivity contribution is 6.76. The van der Waals surface area contributed by atoms with E-state index in [0.717, 1.165) is 6.04 Å². The molecule has 222 valence electrons. The van der Waals surface area contributed by atoms with Gasteiger partial charge in [-0.15, -0.1) is 0 Å². The molecule has 41 heavy (non-hydrogen) atoms. The van der Waals surface area contributed by atoms with Crippen LogP contribution in [0.2, 0.25) is 25.7 Å². The number of aromatic nitrogens is 3. The number of aliphatic hydroxyl groups is 1. The average Bonchev–Trinajstić information content (AvgIpc) is 3.59. The smallest absolute Gasteiger partial charge is 0.301 e. The lowest BCUT2D eigenvalue weighted by molar-refractivity contribution is -0.119. The molecule has 0 bridgehead atoms. The molecule has 1 aromatic carbocycles. The van der Waals surface area contributed by atoms with Gasteiger partial charge in [-0.05, 0) is 30.3 Å². The van der Waals surface area contributed by atoms with Crippen LogP contribution in [0.5, 0.6) is 11.8 Å². The second-order valence-electron chi connectivity index (χ2n) is 11.5. The molecule has 2 fully saturated rings. The van der Waals surface area contributed by atoms with Gasteiger partial charge in [0.25, 0.3) is 0 Å². The predicted octanol–water partition coefficient (Wildman–Crippen LogP) is 2.97. The highest BCUT2D eigenvalue weighted by Gasteiger charge is 2.49. The number of halogens is 1. The van der Waals surface area contributed by atoms with Crippen molar-refractivity contribution >= 4 is 25.1 Å². The lowest BCUT2D eigenvalue weighted by atomic mass is 10.1. The Morgan fingerprint density at radius 3 is 2.63 bits per heavy atom. The minimum absolute atomic E-state index is 0.118. The molecule has 0 radical (unpaired) electrons. The number of benzene rings is 1. The van der Waals surface area contributed by atoms with Crippen molar-refractivity contribution < 1.29 is 38.0 Å². The zero-order valence-electron chi connectivity index (χ0n) is 23.8. The first-order chi connectivity index (χ1) is 19.6. The van der Waals surface area contributed by atoms with Gasteiger partial charge in [-0.1, -0.05) is 19.6 Å². The Kier molecular flexibility index (Phi) is 8.90. The monoisotopic (exact) mass is 588 g/mol. The summed E-state index contributed by atoms with van der Waals surface area (Å²) < 4.78 is 46.4. The van der Waals surface area contributed by atoms with Gasteiger partial charge in [0.1, 0.15) is 43.1 Å². The quantitative estimate of drug-likeness (QED) is 0.243. The van der Waals surface area contributed by atoms with Gasteiger partial charge >= 0.3 is 6.01 Å². The number of nitrogens with zero attached hydrogens (tertiary/aromatic N) is 3. The normalized spacial score (nSPS) is 22.2. The summed E-state index contributed by atoms with van der Waals surface area (Å²) in [5, 5.41) is 12.8. The molecule has 2 N–H and O–H groups in total. The maximum Gasteiger partial charge on any atom is 0.301 e. The van der Waals surface area contributed by atoms with E-state index in [2.05, 4.69) is 34.9 Å². The molecule has 0 saturated carbocycles. The van der Waals surface area contributed by atoms with E-state index in [4.69, 9.17) is 23.7 Å². The van der Waals surface area contributed by atoms with Gasteiger partial charge in [0.15, 0.2) is 17.6 Å². The van der Waals surface area contributed by atoms with Crippen molar-refractivity contribution in [1.29, 1.82) is 0 Å². The van der Waals surface area contributed by atoms with Gasteiger partial charge in [0.05, 0.1) is 25.3 Å². The molecule has 3 aromatic rings. The molecule has 2 saturated heterocycles. The summed E-state index contributed by atoms with van der Waals surface area (Å²) in [6.07, 6.45) is -2.07. The molecule has 4 atom stereocenters. The van der Waals surface area contributed by atoms with Crippen LogP contribution in [0.4, 0.5) is 4.39 Å². The van der Waals surface area contributed by atoms with Crippen LogP contribution in [0.3, 0.4) is 0 Å². The third kappa shape index (κ3) is 7.04. The Labute approximate surface area is 238 Å². The van der Waals surface area contributed by atoms with Gasteiger partial charge in [-0.2, -0.15) is 4.98 Å². The number of pyridine rings is 1. The van der Waals surface area contributed by atoms with Crippen LogP contribution in [-0.2, 0) is 25.7 Å². The number of ether oxygens (including phenoxy) is 5. The van der Waals surface area contributed by atoms with Gasteiger partial charge in [0, 0.05) is 33.2 Å². The van der Waals surface area contributed by atoms with Crippen molar-refractivity contribution in [2.45, 2.75) is 63.8 Å². The molecule has 0 spiro atoms. The fourth-order valence-corrected chi connectivity index (χ4v) is 5.50. The number of rotatable bonds is 12. The van der Waals surface area contributed by atoms with Gasteiger partial charge < -0.3 is 34.1 Å². The van der Waals surface area contributed by atoms with E-state index in [-0.39, 0.29) is 37.6 Å². The van der Waals surface area contributed by atoms with Crippen molar-refractivity contribution in [3.8, 4) is 23.0 Å². The molecule has 2 aromatic heterocycles. The summed E-state index contributed by atoms with van der Waals surface area (Å²) in [4.78, 5) is 20.1. The standard InChI is InChI=1S/C28H37FN4O7Si/c1-17(34)30-9-10-37-19-7-5-18(6-8-19)24-20(29)13-21-27(31-24)32-28(33(21)16-36-11-12-41(2,3)4)40-23-15-39-25-22(35)14-38-26(23)25/h5-8,13,22-23,25-26,35H,9-12,14-16H2,1-4H3,(H,30,34)/t22-,23-,25-,26-/m1/s1. The number of amides is 1. The molecular weight excluding hydrogens is 551 g/mol. The maximum atomic E-state index is 15.5. The minimum Gasteiger partial charge on any atom is -0.492 e. The van der Waals surface area contributed by atoms with Crippen molar-refractivity contribution in [3.05, 3.63) is 36.1 Å². The summed E-state index contributed by atoms with van der Waals surface area (Å²) in [6.45, 7) is 10.1. The van der Waals surface area contributed by atoms with E-state index < -0.39 is 38.3 Å². The zero-order chi connectivity index (χ0) is 29.1. The number of carbonyl (C=O) groups excluding carboxylic acids is 1. The first-order valence-electron chi connectivity index (χ1n) is 13.8. The SMILES string of the molecule is CC(=O)NCCOc1ccc(-c2nc3nc(O[C@@H]4CO[C@H]5[C@@H]4OC[C@H]5O)n(COCC[Si](C)(C)C)c3cc2F)cc1. The molecule has 2 aliphatic heterocycles. The molecule has 11 nitrogen and oxygen atoms in total. The summed E-state index contributed by atoms with van der Waals surface area (Å²) in [5.74, 6) is -0.0491. The summed E-state index contributed by atoms with van der Waals surface area (Å²) in [7, 11) is -1.31. The average molecular weight is 589 g/mol. The topological polar surface area (TPSA) is 126 Å². The Bertz CT molecular complexity index is 1360. The highest BCUT2D eigenvalue weighted by atomic mass is 28.3. The number of nitrogens with one attached hydrogen (secondary N) is 1. The number of hydrogen-bond donors (Lipinski definition) is 2. The van der Waals surface area contributed by atoms with Crippen LogP contribution in [-0.4, -0.2) is 91.0 Å². The number of fused-ring (bicyclic) bond motifs is 2. The van der Waals surface area contributed by atoms with Crippen molar-refractivity contribution in [2.24, 2.45) is 0 Å². The zero-order valence-corrected chi connectivity index (χ0v) is 24.8. The third-order valence-electron chi connectivity index (χ3n) is 6.99. The van der Waals surface area contributed by atoms with Crippen LogP contribution in [0.1, 0.15) is 6.92 Å². The first-order valence-corrected chi connectivity index (χ1v) is 17.5. The Morgan fingerprint density at radius 1 is 1.15 bits per heavy atom. The largest absolute Gasteiger partial charge is 0.492 e. The van der Waals surface area contributed by atoms with Crippen LogP contribution in [0.15, 0.2) is 30.3 Å². The number of hydrogen-bond acceptors (Lipinski definition) is 9. The second kappa shape index (κ2) is 12.4. The lowest BCUT2D eigenvalue weighted by Gasteiger charge is -2.19. The Hall–Kier alpha value is -3.10. The molecule has 1 amide bonds. The number of aliphatic hydroxyl groups excluding tert-OH is 1. The summed E-state index contributed by atoms with van der Waals surface area (Å²) in [6, 6.07) is 9.47. The number of carbonyl (C=O) groups is 1. The molecular formula is C28H37FN4O7Si. The third-order valence-corrected chi connectivity index (χ3v) is 8.69. The second-order valence-corrected chi connectivity index (χ2v) is 17.1. The van der Waals surface area contributed by atoms with E-state index in [0.29, 0.717) is 42.2 Å². The molecule has 4 heterocycles. The molecule has 13 heteroatoms. The number of imidazole rings is 1. The van der Waals surface area contributed by atoms with Crippen LogP contribution < -0.4 is 14.8 Å². The minimum atomic E-state index is -1.31. The van der Waals surface area contributed by atoms with Crippen LogP contribution >= 0.6 is 0 Å². The molecule has 2 aliphatic rings. The van der Waals surface area contributed by atoms with E-state index in [9.17, 15) is 9.90 Å². The Balaban J connectivity index is 1.37. The Morgan fingerprint density at radius 2 is 1.90 bits per heavy atom. The molecule has 0 aliphatic carbocycles.